The fourth-order valence-electron chi connectivity index (χ4n) is 1.53. The highest BCUT2D eigenvalue weighted by molar-refractivity contribution is 4.78. The summed E-state index contributed by atoms with van der Waals surface area (Å²) < 4.78 is 0. The third kappa shape index (κ3) is 2.92. The molecule has 4 nitrogen and oxygen atoms in total. The number of hydrogen-bond donors (Lipinski definition) is 4. The van der Waals surface area contributed by atoms with Gasteiger partial charge in [0.1, 0.15) is 0 Å². The van der Waals surface area contributed by atoms with Gasteiger partial charge >= 0.3 is 0 Å². The zero-order valence-electron chi connectivity index (χ0n) is 8.34. The Morgan fingerprint density at radius 3 is 1.07 bits per heavy atom. The Morgan fingerprint density at radius 2 is 1.07 bits per heavy atom. The summed E-state index contributed by atoms with van der Waals surface area (Å²) in [6.07, 6.45) is 3.35. The minimum absolute atomic E-state index is 0.154. The number of aliphatic hydroxyl groups excluding tert-OH is 4. The van der Waals surface area contributed by atoms with E-state index in [4.69, 9.17) is 20.4 Å². The standard InChI is InChI=1S/2C5H10O2/c2*6-3-4-1-2-5(4)7/h2*4-7H,1-3H2/t2*4-,5+/m10/s1. The fraction of sp³-hybridized carbons (Fsp3) is 1.00. The molecule has 0 amide bonds. The predicted molar refractivity (Wildman–Crippen MR) is 51.6 cm³/mol. The Balaban J connectivity index is 0.000000140. The van der Waals surface area contributed by atoms with Crippen LogP contribution in [-0.4, -0.2) is 45.8 Å². The van der Waals surface area contributed by atoms with E-state index in [0.717, 1.165) is 25.7 Å². The molecule has 0 saturated heterocycles. The van der Waals surface area contributed by atoms with Crippen LogP contribution in [0, 0.1) is 11.8 Å². The first kappa shape index (κ1) is 11.9. The quantitative estimate of drug-likeness (QED) is 0.489. The van der Waals surface area contributed by atoms with Gasteiger partial charge in [0.05, 0.1) is 12.2 Å². The van der Waals surface area contributed by atoms with Crippen molar-refractivity contribution in [3.63, 3.8) is 0 Å². The molecule has 2 fully saturated rings. The van der Waals surface area contributed by atoms with Crippen LogP contribution in [0.3, 0.4) is 0 Å². The number of rotatable bonds is 2. The third-order valence-electron chi connectivity index (χ3n) is 3.22. The molecule has 0 aromatic heterocycles. The molecule has 2 saturated carbocycles. The first-order valence-corrected chi connectivity index (χ1v) is 5.27. The van der Waals surface area contributed by atoms with Crippen LogP contribution in [0.1, 0.15) is 25.7 Å². The molecule has 0 aromatic carbocycles. The third-order valence-corrected chi connectivity index (χ3v) is 3.22. The molecule has 2 aliphatic carbocycles. The van der Waals surface area contributed by atoms with Gasteiger partial charge in [-0.3, -0.25) is 0 Å². The second-order valence-electron chi connectivity index (χ2n) is 4.17. The van der Waals surface area contributed by atoms with Crippen molar-refractivity contribution in [2.45, 2.75) is 37.9 Å². The Labute approximate surface area is 84.2 Å². The highest BCUT2D eigenvalue weighted by Gasteiger charge is 2.27. The lowest BCUT2D eigenvalue weighted by atomic mass is 9.83. The minimum Gasteiger partial charge on any atom is -0.396 e. The van der Waals surface area contributed by atoms with E-state index in [9.17, 15) is 0 Å². The summed E-state index contributed by atoms with van der Waals surface area (Å²) in [6.45, 7) is 0.308. The zero-order valence-corrected chi connectivity index (χ0v) is 8.34. The minimum atomic E-state index is -0.204. The smallest absolute Gasteiger partial charge is 0.0590 e. The van der Waals surface area contributed by atoms with Crippen LogP contribution in [0.15, 0.2) is 0 Å². The van der Waals surface area contributed by atoms with Crippen molar-refractivity contribution < 1.29 is 20.4 Å². The molecule has 14 heavy (non-hydrogen) atoms. The van der Waals surface area contributed by atoms with Crippen molar-refractivity contribution in [2.24, 2.45) is 11.8 Å². The van der Waals surface area contributed by atoms with E-state index in [1.807, 2.05) is 0 Å². The molecule has 0 aliphatic heterocycles. The van der Waals surface area contributed by atoms with Gasteiger partial charge in [0, 0.05) is 25.0 Å². The van der Waals surface area contributed by atoms with Gasteiger partial charge in [-0.1, -0.05) is 0 Å². The van der Waals surface area contributed by atoms with Gasteiger partial charge in [0.2, 0.25) is 0 Å². The molecule has 4 atom stereocenters. The SMILES string of the molecule is OC[C@@H]1CC[C@H]1O.OC[C@H]1CC[C@@H]1O. The lowest BCUT2D eigenvalue weighted by Gasteiger charge is -2.30. The van der Waals surface area contributed by atoms with Crippen LogP contribution in [0.25, 0.3) is 0 Å². The van der Waals surface area contributed by atoms with Gasteiger partial charge in [-0.2, -0.15) is 0 Å². The van der Waals surface area contributed by atoms with Crippen molar-refractivity contribution >= 4 is 0 Å². The summed E-state index contributed by atoms with van der Waals surface area (Å²) in [5, 5.41) is 34.3. The molecular weight excluding hydrogens is 184 g/mol. The maximum absolute atomic E-state index is 8.75. The first-order chi connectivity index (χ1) is 6.69. The highest BCUT2D eigenvalue weighted by atomic mass is 16.3. The maximum Gasteiger partial charge on any atom is 0.0590 e. The van der Waals surface area contributed by atoms with Crippen molar-refractivity contribution in [1.29, 1.82) is 0 Å². The monoisotopic (exact) mass is 204 g/mol. The second kappa shape index (κ2) is 5.66. The van der Waals surface area contributed by atoms with Gasteiger partial charge in [0.15, 0.2) is 0 Å². The molecule has 0 heterocycles. The lowest BCUT2D eigenvalue weighted by Crippen LogP contribution is -2.33. The Hall–Kier alpha value is -0.160. The van der Waals surface area contributed by atoms with Crippen LogP contribution in [0.2, 0.25) is 0 Å². The average molecular weight is 204 g/mol. The van der Waals surface area contributed by atoms with E-state index in [0.29, 0.717) is 0 Å². The predicted octanol–water partition coefficient (Wildman–Crippen LogP) is -0.501. The molecular formula is C10H20O4. The summed E-state index contributed by atoms with van der Waals surface area (Å²) in [6, 6.07) is 0. The maximum atomic E-state index is 8.75. The molecule has 0 bridgehead atoms. The Morgan fingerprint density at radius 1 is 0.714 bits per heavy atom. The van der Waals surface area contributed by atoms with Crippen molar-refractivity contribution in [1.82, 2.24) is 0 Å². The number of aliphatic hydroxyl groups is 4. The van der Waals surface area contributed by atoms with Crippen LogP contribution in [-0.2, 0) is 0 Å². The Kier molecular flexibility index (Phi) is 4.81. The summed E-state index contributed by atoms with van der Waals surface area (Å²) in [5.74, 6) is 0.389. The van der Waals surface area contributed by atoms with Crippen LogP contribution in [0.5, 0.6) is 0 Å². The van der Waals surface area contributed by atoms with E-state index in [-0.39, 0.29) is 37.3 Å². The molecule has 4 N–H and O–H groups in total. The molecule has 84 valence electrons. The van der Waals surface area contributed by atoms with Crippen molar-refractivity contribution in [3.05, 3.63) is 0 Å². The van der Waals surface area contributed by atoms with E-state index >= 15 is 0 Å². The molecule has 0 radical (unpaired) electrons. The largest absolute Gasteiger partial charge is 0.396 e. The van der Waals surface area contributed by atoms with Crippen LogP contribution < -0.4 is 0 Å². The van der Waals surface area contributed by atoms with Crippen LogP contribution in [0.4, 0.5) is 0 Å². The lowest BCUT2D eigenvalue weighted by molar-refractivity contribution is -0.00744. The van der Waals surface area contributed by atoms with E-state index in [2.05, 4.69) is 0 Å². The normalized spacial score (nSPS) is 40.3. The summed E-state index contributed by atoms with van der Waals surface area (Å²) in [7, 11) is 0. The van der Waals surface area contributed by atoms with Gasteiger partial charge < -0.3 is 20.4 Å². The van der Waals surface area contributed by atoms with E-state index in [1.54, 1.807) is 0 Å². The zero-order chi connectivity index (χ0) is 10.6. The number of hydrogen-bond acceptors (Lipinski definition) is 4. The van der Waals surface area contributed by atoms with E-state index in [1.165, 1.54) is 0 Å². The first-order valence-electron chi connectivity index (χ1n) is 5.27. The highest BCUT2D eigenvalue weighted by Crippen LogP contribution is 2.26. The molecule has 0 spiro atoms. The van der Waals surface area contributed by atoms with Crippen molar-refractivity contribution in [2.75, 3.05) is 13.2 Å². The fourth-order valence-corrected chi connectivity index (χ4v) is 1.53. The summed E-state index contributed by atoms with van der Waals surface area (Å²) in [4.78, 5) is 0. The van der Waals surface area contributed by atoms with Gasteiger partial charge in [-0.05, 0) is 25.7 Å². The molecule has 0 unspecified atom stereocenters. The topological polar surface area (TPSA) is 80.9 Å². The molecule has 0 aromatic rings. The van der Waals surface area contributed by atoms with Crippen molar-refractivity contribution in [3.8, 4) is 0 Å². The molecule has 4 heteroatoms. The van der Waals surface area contributed by atoms with Gasteiger partial charge in [-0.15, -0.1) is 0 Å². The van der Waals surface area contributed by atoms with Gasteiger partial charge in [0.25, 0.3) is 0 Å². The second-order valence-corrected chi connectivity index (χ2v) is 4.17. The summed E-state index contributed by atoms with van der Waals surface area (Å²) >= 11 is 0. The van der Waals surface area contributed by atoms with Crippen LogP contribution >= 0.6 is 0 Å². The Bertz CT molecular complexity index is 140. The molecule has 2 aliphatic rings. The van der Waals surface area contributed by atoms with E-state index < -0.39 is 0 Å². The average Bonchev–Trinajstić information content (AvgIpc) is 2.16. The molecule has 2 rings (SSSR count). The summed E-state index contributed by atoms with van der Waals surface area (Å²) in [5.41, 5.74) is 0. The van der Waals surface area contributed by atoms with Gasteiger partial charge in [-0.25, -0.2) is 0 Å².